The van der Waals surface area contributed by atoms with Crippen molar-refractivity contribution in [2.24, 2.45) is 7.05 Å². The van der Waals surface area contributed by atoms with Gasteiger partial charge in [0.1, 0.15) is 5.52 Å². The molecule has 0 atom stereocenters. The van der Waals surface area contributed by atoms with Crippen LogP contribution in [-0.2, 0) is 7.05 Å². The Labute approximate surface area is 82.5 Å². The van der Waals surface area contributed by atoms with Crippen molar-refractivity contribution in [2.45, 2.75) is 0 Å². The van der Waals surface area contributed by atoms with Crippen molar-refractivity contribution < 1.29 is 0 Å². The summed E-state index contributed by atoms with van der Waals surface area (Å²) in [5.41, 5.74) is 1.60. The number of halogens is 2. The molecule has 2 rings (SSSR count). The van der Waals surface area contributed by atoms with Crippen LogP contribution in [0.1, 0.15) is 0 Å². The predicted molar refractivity (Wildman–Crippen MR) is 51.2 cm³/mol. The van der Waals surface area contributed by atoms with Crippen LogP contribution in [0.4, 0.5) is 0 Å². The number of pyridine rings is 1. The third-order valence-corrected chi connectivity index (χ3v) is 2.39. The van der Waals surface area contributed by atoms with Crippen molar-refractivity contribution in [2.75, 3.05) is 0 Å². The van der Waals surface area contributed by atoms with Gasteiger partial charge in [-0.15, -0.1) is 0 Å². The summed E-state index contributed by atoms with van der Waals surface area (Å²) in [4.78, 5) is 8.28. The van der Waals surface area contributed by atoms with Gasteiger partial charge in [-0.05, 0) is 33.6 Å². The molecule has 2 aromatic heterocycles. The Morgan fingerprint density at radius 3 is 3.08 bits per heavy atom. The molecule has 2 aromatic rings. The van der Waals surface area contributed by atoms with E-state index in [1.807, 2.05) is 13.1 Å². The van der Waals surface area contributed by atoms with Crippen LogP contribution in [0.25, 0.3) is 11.2 Å². The van der Waals surface area contributed by atoms with Gasteiger partial charge in [0.05, 0.1) is 0 Å². The molecule has 0 bridgehead atoms. The van der Waals surface area contributed by atoms with Gasteiger partial charge in [0.2, 0.25) is 5.28 Å². The van der Waals surface area contributed by atoms with Gasteiger partial charge < -0.3 is 4.57 Å². The van der Waals surface area contributed by atoms with Crippen molar-refractivity contribution in [1.29, 1.82) is 0 Å². The summed E-state index contributed by atoms with van der Waals surface area (Å²) in [7, 11) is 1.83. The first-order valence-electron chi connectivity index (χ1n) is 3.32. The van der Waals surface area contributed by atoms with E-state index in [9.17, 15) is 0 Å². The maximum Gasteiger partial charge on any atom is 0.204 e. The summed E-state index contributed by atoms with van der Waals surface area (Å²) in [6, 6.07) is 1.88. The minimum absolute atomic E-state index is 0.454. The standard InChI is InChI=1S/C7H5BrClN3/c1-12-6-5(11-7(12)9)2-4(8)3-10-6/h2-3H,1H3. The van der Waals surface area contributed by atoms with Crippen molar-refractivity contribution >= 4 is 38.7 Å². The van der Waals surface area contributed by atoms with E-state index in [4.69, 9.17) is 11.6 Å². The zero-order valence-corrected chi connectivity index (χ0v) is 8.59. The van der Waals surface area contributed by atoms with Crippen LogP contribution in [0.3, 0.4) is 0 Å². The highest BCUT2D eigenvalue weighted by molar-refractivity contribution is 9.10. The Balaban J connectivity index is 2.87. The number of imidazole rings is 1. The van der Waals surface area contributed by atoms with Crippen molar-refractivity contribution in [3.8, 4) is 0 Å². The van der Waals surface area contributed by atoms with Crippen LogP contribution in [0.5, 0.6) is 0 Å². The highest BCUT2D eigenvalue weighted by Crippen LogP contribution is 2.19. The first kappa shape index (κ1) is 8.01. The predicted octanol–water partition coefficient (Wildman–Crippen LogP) is 2.38. The Bertz CT molecular complexity index is 437. The Morgan fingerprint density at radius 1 is 1.58 bits per heavy atom. The van der Waals surface area contributed by atoms with Gasteiger partial charge in [0, 0.05) is 17.7 Å². The molecule has 2 heterocycles. The van der Waals surface area contributed by atoms with Gasteiger partial charge in [0.15, 0.2) is 5.65 Å². The maximum atomic E-state index is 5.80. The molecule has 12 heavy (non-hydrogen) atoms. The molecule has 0 radical (unpaired) electrons. The molecule has 62 valence electrons. The molecule has 0 spiro atoms. The second-order valence-electron chi connectivity index (χ2n) is 2.44. The SMILES string of the molecule is Cn1c(Cl)nc2cc(Br)cnc21. The average Bonchev–Trinajstić information content (AvgIpc) is 2.28. The highest BCUT2D eigenvalue weighted by Gasteiger charge is 2.05. The molecule has 0 N–H and O–H groups in total. The molecule has 0 aromatic carbocycles. The lowest BCUT2D eigenvalue weighted by molar-refractivity contribution is 0.931. The molecular weight excluding hydrogens is 241 g/mol. The maximum absolute atomic E-state index is 5.80. The summed E-state index contributed by atoms with van der Waals surface area (Å²) < 4.78 is 2.65. The molecule has 5 heteroatoms. The lowest BCUT2D eigenvalue weighted by Crippen LogP contribution is -1.88. The second kappa shape index (κ2) is 2.71. The molecule has 3 nitrogen and oxygen atoms in total. The first-order chi connectivity index (χ1) is 5.68. The van der Waals surface area contributed by atoms with Crippen molar-refractivity contribution in [1.82, 2.24) is 14.5 Å². The lowest BCUT2D eigenvalue weighted by Gasteiger charge is -1.93. The second-order valence-corrected chi connectivity index (χ2v) is 3.69. The number of hydrogen-bond donors (Lipinski definition) is 0. The molecule has 0 aliphatic carbocycles. The molecule has 0 aliphatic heterocycles. The highest BCUT2D eigenvalue weighted by atomic mass is 79.9. The van der Waals surface area contributed by atoms with Gasteiger partial charge in [-0.3, -0.25) is 0 Å². The number of fused-ring (bicyclic) bond motifs is 1. The largest absolute Gasteiger partial charge is 0.302 e. The van der Waals surface area contributed by atoms with Gasteiger partial charge in [0.25, 0.3) is 0 Å². The fourth-order valence-corrected chi connectivity index (χ4v) is 1.51. The first-order valence-corrected chi connectivity index (χ1v) is 4.49. The normalized spacial score (nSPS) is 10.9. The third-order valence-electron chi connectivity index (χ3n) is 1.62. The van der Waals surface area contributed by atoms with E-state index >= 15 is 0 Å². The average molecular weight is 246 g/mol. The third kappa shape index (κ3) is 1.11. The number of rotatable bonds is 0. The fraction of sp³-hybridized carbons (Fsp3) is 0.143. The smallest absolute Gasteiger partial charge is 0.204 e. The number of hydrogen-bond acceptors (Lipinski definition) is 2. The fourth-order valence-electron chi connectivity index (χ4n) is 1.02. The van der Waals surface area contributed by atoms with Crippen LogP contribution >= 0.6 is 27.5 Å². The Kier molecular flexibility index (Phi) is 1.81. The van der Waals surface area contributed by atoms with Gasteiger partial charge in [-0.25, -0.2) is 9.97 Å². The van der Waals surface area contributed by atoms with E-state index in [1.54, 1.807) is 10.8 Å². The Morgan fingerprint density at radius 2 is 2.33 bits per heavy atom. The molecule has 0 fully saturated rings. The lowest BCUT2D eigenvalue weighted by atomic mass is 10.4. The molecule has 0 saturated carbocycles. The summed E-state index contributed by atoms with van der Waals surface area (Å²) in [5.74, 6) is 0. The number of aromatic nitrogens is 3. The zero-order chi connectivity index (χ0) is 8.72. The summed E-state index contributed by atoms with van der Waals surface area (Å²) >= 11 is 9.11. The number of nitrogens with zero attached hydrogens (tertiary/aromatic N) is 3. The van der Waals surface area contributed by atoms with Crippen LogP contribution in [0.2, 0.25) is 5.28 Å². The van der Waals surface area contributed by atoms with E-state index in [0.717, 1.165) is 15.6 Å². The summed E-state index contributed by atoms with van der Waals surface area (Å²) in [6.45, 7) is 0. The van der Waals surface area contributed by atoms with E-state index in [-0.39, 0.29) is 0 Å². The summed E-state index contributed by atoms with van der Waals surface area (Å²) in [5, 5.41) is 0.454. The van der Waals surface area contributed by atoms with Gasteiger partial charge in [-0.2, -0.15) is 0 Å². The van der Waals surface area contributed by atoms with E-state index in [0.29, 0.717) is 5.28 Å². The van der Waals surface area contributed by atoms with Gasteiger partial charge in [-0.1, -0.05) is 0 Å². The molecular formula is C7H5BrClN3. The van der Waals surface area contributed by atoms with Crippen LogP contribution in [-0.4, -0.2) is 14.5 Å². The topological polar surface area (TPSA) is 30.7 Å². The van der Waals surface area contributed by atoms with Crippen LogP contribution in [0.15, 0.2) is 16.7 Å². The molecule has 0 aliphatic rings. The minimum atomic E-state index is 0.454. The number of aryl methyl sites for hydroxylation is 1. The molecule has 0 saturated heterocycles. The monoisotopic (exact) mass is 245 g/mol. The Hall–Kier alpha value is -0.610. The quantitative estimate of drug-likeness (QED) is 0.714. The summed E-state index contributed by atoms with van der Waals surface area (Å²) in [6.07, 6.45) is 1.72. The molecule has 0 unspecified atom stereocenters. The van der Waals surface area contributed by atoms with Crippen LogP contribution in [0, 0.1) is 0 Å². The van der Waals surface area contributed by atoms with E-state index in [2.05, 4.69) is 25.9 Å². The van der Waals surface area contributed by atoms with Crippen LogP contribution < -0.4 is 0 Å². The zero-order valence-electron chi connectivity index (χ0n) is 6.25. The van der Waals surface area contributed by atoms with Crippen molar-refractivity contribution in [3.63, 3.8) is 0 Å². The minimum Gasteiger partial charge on any atom is -0.302 e. The molecule has 0 amide bonds. The van der Waals surface area contributed by atoms with E-state index in [1.165, 1.54) is 0 Å². The van der Waals surface area contributed by atoms with Crippen molar-refractivity contribution in [3.05, 3.63) is 22.0 Å². The van der Waals surface area contributed by atoms with Gasteiger partial charge >= 0.3 is 0 Å². The van der Waals surface area contributed by atoms with E-state index < -0.39 is 0 Å².